The summed E-state index contributed by atoms with van der Waals surface area (Å²) in [6, 6.07) is 10.4. The summed E-state index contributed by atoms with van der Waals surface area (Å²) in [4.78, 5) is 0. The SMILES string of the molecule is Cc1ccc(N=Nc2cc(Cl)c(O)cc2Cl)cc1. The summed E-state index contributed by atoms with van der Waals surface area (Å²) >= 11 is 11.7. The van der Waals surface area contributed by atoms with Gasteiger partial charge in [0.25, 0.3) is 0 Å². The monoisotopic (exact) mass is 280 g/mol. The van der Waals surface area contributed by atoms with Crippen molar-refractivity contribution < 1.29 is 5.11 Å². The summed E-state index contributed by atoms with van der Waals surface area (Å²) in [5, 5.41) is 17.9. The lowest BCUT2D eigenvalue weighted by atomic mass is 10.2. The molecule has 5 heteroatoms. The van der Waals surface area contributed by atoms with Crippen molar-refractivity contribution >= 4 is 34.6 Å². The average Bonchev–Trinajstić information content (AvgIpc) is 2.34. The predicted octanol–water partition coefficient (Wildman–Crippen LogP) is 5.42. The molecule has 0 spiro atoms. The number of aromatic hydroxyl groups is 1. The van der Waals surface area contributed by atoms with Gasteiger partial charge in [-0.25, -0.2) is 0 Å². The van der Waals surface area contributed by atoms with Gasteiger partial charge in [0.1, 0.15) is 11.4 Å². The minimum Gasteiger partial charge on any atom is -0.506 e. The fourth-order valence-corrected chi connectivity index (χ4v) is 1.68. The van der Waals surface area contributed by atoms with Gasteiger partial charge in [0.15, 0.2) is 0 Å². The highest BCUT2D eigenvalue weighted by Crippen LogP contribution is 2.35. The molecule has 92 valence electrons. The summed E-state index contributed by atoms with van der Waals surface area (Å²) in [5.41, 5.74) is 2.29. The summed E-state index contributed by atoms with van der Waals surface area (Å²) in [5.74, 6) is -0.0732. The van der Waals surface area contributed by atoms with Crippen molar-refractivity contribution in [1.29, 1.82) is 0 Å². The lowest BCUT2D eigenvalue weighted by Crippen LogP contribution is -1.72. The van der Waals surface area contributed by atoms with Gasteiger partial charge in [-0.15, -0.1) is 5.11 Å². The molecule has 0 heterocycles. The molecular weight excluding hydrogens is 271 g/mol. The van der Waals surface area contributed by atoms with E-state index in [1.54, 1.807) is 0 Å². The smallest absolute Gasteiger partial charge is 0.135 e. The van der Waals surface area contributed by atoms with E-state index in [4.69, 9.17) is 23.2 Å². The van der Waals surface area contributed by atoms with Gasteiger partial charge >= 0.3 is 0 Å². The van der Waals surface area contributed by atoms with Crippen molar-refractivity contribution in [2.75, 3.05) is 0 Å². The zero-order chi connectivity index (χ0) is 13.1. The zero-order valence-corrected chi connectivity index (χ0v) is 11.1. The fourth-order valence-electron chi connectivity index (χ4n) is 1.33. The van der Waals surface area contributed by atoms with E-state index in [0.29, 0.717) is 10.7 Å². The normalized spacial score (nSPS) is 11.1. The van der Waals surface area contributed by atoms with E-state index in [0.717, 1.165) is 11.3 Å². The zero-order valence-electron chi connectivity index (χ0n) is 9.56. The molecule has 0 aliphatic rings. The third-order valence-corrected chi connectivity index (χ3v) is 2.93. The number of azo groups is 1. The Hall–Kier alpha value is -1.58. The van der Waals surface area contributed by atoms with Crippen molar-refractivity contribution in [3.8, 4) is 5.75 Å². The van der Waals surface area contributed by atoms with E-state index >= 15 is 0 Å². The van der Waals surface area contributed by atoms with Crippen molar-refractivity contribution in [1.82, 2.24) is 0 Å². The highest BCUT2D eigenvalue weighted by molar-refractivity contribution is 6.36. The van der Waals surface area contributed by atoms with E-state index in [1.165, 1.54) is 12.1 Å². The Balaban J connectivity index is 2.28. The Morgan fingerprint density at radius 1 is 0.944 bits per heavy atom. The van der Waals surface area contributed by atoms with E-state index in [1.807, 2.05) is 31.2 Å². The van der Waals surface area contributed by atoms with Crippen LogP contribution in [0, 0.1) is 6.92 Å². The first-order chi connectivity index (χ1) is 8.56. The summed E-state index contributed by atoms with van der Waals surface area (Å²) in [7, 11) is 0. The maximum absolute atomic E-state index is 9.35. The number of hydrogen-bond acceptors (Lipinski definition) is 3. The second-order valence-electron chi connectivity index (χ2n) is 3.79. The van der Waals surface area contributed by atoms with Crippen molar-refractivity contribution in [2.24, 2.45) is 10.2 Å². The number of halogens is 2. The molecule has 0 saturated heterocycles. The van der Waals surface area contributed by atoms with Gasteiger partial charge in [-0.2, -0.15) is 5.11 Å². The molecule has 0 radical (unpaired) electrons. The molecule has 0 aliphatic carbocycles. The van der Waals surface area contributed by atoms with Crippen LogP contribution in [0.2, 0.25) is 10.0 Å². The molecule has 3 nitrogen and oxygen atoms in total. The van der Waals surface area contributed by atoms with Crippen molar-refractivity contribution in [3.63, 3.8) is 0 Å². The Labute approximate surface area is 115 Å². The lowest BCUT2D eigenvalue weighted by molar-refractivity contribution is 0.475. The van der Waals surface area contributed by atoms with Crippen LogP contribution in [0.1, 0.15) is 5.56 Å². The largest absolute Gasteiger partial charge is 0.506 e. The molecule has 0 bridgehead atoms. The van der Waals surface area contributed by atoms with Crippen LogP contribution < -0.4 is 0 Å². The predicted molar refractivity (Wildman–Crippen MR) is 73.5 cm³/mol. The maximum Gasteiger partial charge on any atom is 0.135 e. The summed E-state index contributed by atoms with van der Waals surface area (Å²) in [6.07, 6.45) is 0. The van der Waals surface area contributed by atoms with Crippen molar-refractivity contribution in [3.05, 3.63) is 52.0 Å². The number of hydrogen-bond donors (Lipinski definition) is 1. The number of aryl methyl sites for hydroxylation is 1. The third-order valence-electron chi connectivity index (χ3n) is 2.32. The van der Waals surface area contributed by atoms with Crippen LogP contribution in [0.15, 0.2) is 46.6 Å². The number of nitrogens with zero attached hydrogens (tertiary/aromatic N) is 2. The number of phenolic OH excluding ortho intramolecular Hbond substituents is 1. The third kappa shape index (κ3) is 3.00. The van der Waals surface area contributed by atoms with Crippen LogP contribution >= 0.6 is 23.2 Å². The second kappa shape index (κ2) is 5.38. The minimum absolute atomic E-state index is 0.0732. The van der Waals surface area contributed by atoms with E-state index < -0.39 is 0 Å². The standard InChI is InChI=1S/C13H10Cl2N2O/c1-8-2-4-9(5-3-8)16-17-12-6-11(15)13(18)7-10(12)14/h2-7,18H,1H3. The van der Waals surface area contributed by atoms with Gasteiger partial charge in [-0.1, -0.05) is 40.9 Å². The summed E-state index contributed by atoms with van der Waals surface area (Å²) < 4.78 is 0. The van der Waals surface area contributed by atoms with Crippen molar-refractivity contribution in [2.45, 2.75) is 6.92 Å². The quantitative estimate of drug-likeness (QED) is 0.733. The maximum atomic E-state index is 9.35. The number of phenols is 1. The highest BCUT2D eigenvalue weighted by Gasteiger charge is 2.05. The van der Waals surface area contributed by atoms with Gasteiger partial charge in [0.2, 0.25) is 0 Å². The molecule has 2 aromatic carbocycles. The molecule has 0 saturated carbocycles. The highest BCUT2D eigenvalue weighted by atomic mass is 35.5. The lowest BCUT2D eigenvalue weighted by Gasteiger charge is -2.00. The number of rotatable bonds is 2. The van der Waals surface area contributed by atoms with Gasteiger partial charge in [0.05, 0.1) is 15.7 Å². The first kappa shape index (κ1) is 12.9. The topological polar surface area (TPSA) is 45.0 Å². The van der Waals surface area contributed by atoms with Crippen LogP contribution in [0.4, 0.5) is 11.4 Å². The first-order valence-corrected chi connectivity index (χ1v) is 5.98. The van der Waals surface area contributed by atoms with Crippen LogP contribution in [0.25, 0.3) is 0 Å². The molecule has 0 aromatic heterocycles. The molecule has 0 unspecified atom stereocenters. The Morgan fingerprint density at radius 3 is 2.28 bits per heavy atom. The Kier molecular flexibility index (Phi) is 3.84. The van der Waals surface area contributed by atoms with Crippen LogP contribution in [0.3, 0.4) is 0 Å². The van der Waals surface area contributed by atoms with Gasteiger partial charge < -0.3 is 5.11 Å². The first-order valence-electron chi connectivity index (χ1n) is 5.22. The average molecular weight is 281 g/mol. The van der Waals surface area contributed by atoms with E-state index in [9.17, 15) is 5.11 Å². The second-order valence-corrected chi connectivity index (χ2v) is 4.60. The fraction of sp³-hybridized carbons (Fsp3) is 0.0769. The van der Waals surface area contributed by atoms with E-state index in [-0.39, 0.29) is 10.8 Å². The molecular formula is C13H10Cl2N2O. The van der Waals surface area contributed by atoms with Crippen LogP contribution in [-0.4, -0.2) is 5.11 Å². The number of benzene rings is 2. The van der Waals surface area contributed by atoms with Crippen LogP contribution in [0.5, 0.6) is 5.75 Å². The molecule has 0 atom stereocenters. The van der Waals surface area contributed by atoms with Gasteiger partial charge in [-0.05, 0) is 25.1 Å². The van der Waals surface area contributed by atoms with Gasteiger partial charge in [-0.3, -0.25) is 0 Å². The molecule has 18 heavy (non-hydrogen) atoms. The molecule has 0 amide bonds. The summed E-state index contributed by atoms with van der Waals surface area (Å²) in [6.45, 7) is 2.00. The Bertz CT molecular complexity index is 595. The molecule has 2 aromatic rings. The van der Waals surface area contributed by atoms with Crippen LogP contribution in [-0.2, 0) is 0 Å². The minimum atomic E-state index is -0.0732. The Morgan fingerprint density at radius 2 is 1.61 bits per heavy atom. The molecule has 0 aliphatic heterocycles. The van der Waals surface area contributed by atoms with E-state index in [2.05, 4.69) is 10.2 Å². The molecule has 0 fully saturated rings. The molecule has 1 N–H and O–H groups in total. The molecule has 2 rings (SSSR count). The van der Waals surface area contributed by atoms with Gasteiger partial charge in [0, 0.05) is 6.07 Å².